The maximum Gasteiger partial charge on any atom is 0.325 e. The summed E-state index contributed by atoms with van der Waals surface area (Å²) in [5, 5.41) is 19.8. The quantitative estimate of drug-likeness (QED) is 0.598. The molecule has 0 bridgehead atoms. The summed E-state index contributed by atoms with van der Waals surface area (Å²) >= 11 is 0. The lowest BCUT2D eigenvalue weighted by atomic mass is 10.0. The van der Waals surface area contributed by atoms with Crippen LogP contribution in [0.2, 0.25) is 0 Å². The molecular weight excluding hydrogens is 403 g/mol. The fourth-order valence-electron chi connectivity index (χ4n) is 4.20. The molecule has 1 atom stereocenters. The van der Waals surface area contributed by atoms with Gasteiger partial charge in [-0.3, -0.25) is 24.4 Å². The summed E-state index contributed by atoms with van der Waals surface area (Å²) in [4.78, 5) is 31.7. The number of hydrogen-bond acceptors (Lipinski definition) is 5. The third-order valence-corrected chi connectivity index (χ3v) is 5.64. The highest BCUT2D eigenvalue weighted by Crippen LogP contribution is 2.32. The molecule has 9 heteroatoms. The number of halogens is 1. The summed E-state index contributed by atoms with van der Waals surface area (Å²) in [7, 11) is 0. The normalized spacial score (nSPS) is 16.4. The lowest BCUT2D eigenvalue weighted by Crippen LogP contribution is -2.48. The van der Waals surface area contributed by atoms with Gasteiger partial charge in [0.1, 0.15) is 18.4 Å². The predicted octanol–water partition coefficient (Wildman–Crippen LogP) is 2.20. The second kappa shape index (κ2) is 8.83. The van der Waals surface area contributed by atoms with Crippen molar-refractivity contribution in [2.75, 3.05) is 26.2 Å². The van der Waals surface area contributed by atoms with Crippen LogP contribution >= 0.6 is 0 Å². The predicted molar refractivity (Wildman–Crippen MR) is 111 cm³/mol. The minimum atomic E-state index is -1.08. The minimum absolute atomic E-state index is 0.369. The van der Waals surface area contributed by atoms with Gasteiger partial charge in [-0.2, -0.15) is 0 Å². The number of benzene rings is 1. The Labute approximate surface area is 178 Å². The number of aromatic nitrogens is 2. The average molecular weight is 426 g/mol. The Bertz CT molecular complexity index is 1090. The Balaban J connectivity index is 1.58. The molecule has 3 heterocycles. The molecule has 1 aliphatic rings. The van der Waals surface area contributed by atoms with E-state index in [1.807, 2.05) is 17.0 Å². The lowest BCUT2D eigenvalue weighted by Gasteiger charge is -2.37. The number of carboxylic acid groups (broad SMARTS) is 2. The Morgan fingerprint density at radius 3 is 2.42 bits per heavy atom. The zero-order valence-corrected chi connectivity index (χ0v) is 16.8. The van der Waals surface area contributed by atoms with Crippen molar-refractivity contribution in [3.05, 3.63) is 65.9 Å². The Kier molecular flexibility index (Phi) is 5.97. The summed E-state index contributed by atoms with van der Waals surface area (Å²) in [6, 6.07) is 7.02. The van der Waals surface area contributed by atoms with Crippen molar-refractivity contribution in [1.29, 1.82) is 0 Å². The zero-order chi connectivity index (χ0) is 22.0. The van der Waals surface area contributed by atoms with E-state index in [1.54, 1.807) is 12.4 Å². The van der Waals surface area contributed by atoms with Crippen molar-refractivity contribution in [2.45, 2.75) is 19.1 Å². The van der Waals surface area contributed by atoms with Crippen LogP contribution in [0.5, 0.6) is 0 Å². The van der Waals surface area contributed by atoms with Gasteiger partial charge >= 0.3 is 11.9 Å². The summed E-state index contributed by atoms with van der Waals surface area (Å²) in [6.45, 7) is 2.91. The maximum absolute atomic E-state index is 13.8. The first-order valence-corrected chi connectivity index (χ1v) is 10.0. The molecular formula is C22H23FN4O4. The van der Waals surface area contributed by atoms with Gasteiger partial charge in [0.05, 0.1) is 5.52 Å². The molecule has 0 saturated carbocycles. The number of rotatable bonds is 7. The number of carbonyl (C=O) groups is 2. The summed E-state index contributed by atoms with van der Waals surface area (Å²) < 4.78 is 15.2. The minimum Gasteiger partial charge on any atom is -0.480 e. The smallest absolute Gasteiger partial charge is 0.325 e. The van der Waals surface area contributed by atoms with Crippen molar-refractivity contribution >= 4 is 22.8 Å². The molecule has 1 fully saturated rings. The highest BCUT2D eigenvalue weighted by Gasteiger charge is 2.33. The van der Waals surface area contributed by atoms with Crippen LogP contribution in [0.15, 0.2) is 48.9 Å². The van der Waals surface area contributed by atoms with Gasteiger partial charge in [0, 0.05) is 62.3 Å². The van der Waals surface area contributed by atoms with Crippen LogP contribution in [-0.4, -0.2) is 67.7 Å². The fourth-order valence-corrected chi connectivity index (χ4v) is 4.20. The van der Waals surface area contributed by atoms with Gasteiger partial charge in [0.15, 0.2) is 0 Å². The number of fused-ring (bicyclic) bond motifs is 1. The second-order valence-corrected chi connectivity index (χ2v) is 7.68. The van der Waals surface area contributed by atoms with Crippen LogP contribution in [0.25, 0.3) is 10.9 Å². The number of piperazine rings is 1. The molecule has 1 aliphatic heterocycles. The lowest BCUT2D eigenvalue weighted by molar-refractivity contribution is -0.144. The largest absolute Gasteiger partial charge is 0.480 e. The number of carboxylic acids is 2. The summed E-state index contributed by atoms with van der Waals surface area (Å²) in [5.41, 5.74) is 2.00. The fraction of sp³-hybridized carbons (Fsp3) is 0.318. The average Bonchev–Trinajstić information content (AvgIpc) is 3.06. The highest BCUT2D eigenvalue weighted by atomic mass is 19.1. The molecule has 8 nitrogen and oxygen atoms in total. The van der Waals surface area contributed by atoms with Gasteiger partial charge in [-0.25, -0.2) is 4.39 Å². The molecule has 0 amide bonds. The first kappa shape index (κ1) is 21.0. The van der Waals surface area contributed by atoms with E-state index in [2.05, 4.69) is 9.88 Å². The van der Waals surface area contributed by atoms with Gasteiger partial charge < -0.3 is 14.8 Å². The van der Waals surface area contributed by atoms with Crippen LogP contribution in [-0.2, 0) is 22.7 Å². The van der Waals surface area contributed by atoms with Crippen LogP contribution in [0.3, 0.4) is 0 Å². The summed E-state index contributed by atoms with van der Waals surface area (Å²) in [6.07, 6.45) is 5.03. The van der Waals surface area contributed by atoms with Gasteiger partial charge in [-0.05, 0) is 35.9 Å². The van der Waals surface area contributed by atoms with Crippen molar-refractivity contribution in [3.63, 3.8) is 0 Å². The topological polar surface area (TPSA) is 98.9 Å². The zero-order valence-electron chi connectivity index (χ0n) is 16.8. The van der Waals surface area contributed by atoms with E-state index in [0.717, 1.165) is 12.1 Å². The third kappa shape index (κ3) is 4.57. The molecule has 4 rings (SSSR count). The number of pyridine rings is 1. The van der Waals surface area contributed by atoms with E-state index in [4.69, 9.17) is 0 Å². The first-order chi connectivity index (χ1) is 14.9. The molecule has 1 aromatic carbocycles. The second-order valence-electron chi connectivity index (χ2n) is 7.68. The van der Waals surface area contributed by atoms with Gasteiger partial charge in [-0.15, -0.1) is 0 Å². The molecule has 31 heavy (non-hydrogen) atoms. The van der Waals surface area contributed by atoms with Crippen molar-refractivity contribution < 1.29 is 24.2 Å². The molecule has 162 valence electrons. The Morgan fingerprint density at radius 2 is 1.77 bits per heavy atom. The molecule has 1 saturated heterocycles. The maximum atomic E-state index is 13.8. The Morgan fingerprint density at radius 1 is 1.06 bits per heavy atom. The molecule has 0 unspecified atom stereocenters. The van der Waals surface area contributed by atoms with E-state index in [9.17, 15) is 24.2 Å². The van der Waals surface area contributed by atoms with Crippen molar-refractivity contribution in [2.24, 2.45) is 0 Å². The molecule has 0 aliphatic carbocycles. The van der Waals surface area contributed by atoms with E-state index < -0.39 is 23.8 Å². The SMILES string of the molecule is O=C(O)Cn1cc([C@@H](C(=O)O)N2CCN(Cc3ccncc3)CC2)c2ccc(F)cc21. The number of nitrogens with zero attached hydrogens (tertiary/aromatic N) is 4. The molecule has 0 radical (unpaired) electrons. The van der Waals surface area contributed by atoms with Crippen molar-refractivity contribution in [1.82, 2.24) is 19.4 Å². The van der Waals surface area contributed by atoms with E-state index >= 15 is 0 Å². The Hall–Kier alpha value is -3.30. The number of aliphatic carboxylic acids is 2. The van der Waals surface area contributed by atoms with Crippen LogP contribution in [0.4, 0.5) is 4.39 Å². The van der Waals surface area contributed by atoms with E-state index in [0.29, 0.717) is 42.6 Å². The molecule has 3 aromatic rings. The standard InChI is InChI=1S/C22H23FN4O4/c23-16-1-2-17-18(13-27(14-20(28)29)19(17)11-16)21(22(30)31)26-9-7-25(8-10-26)12-15-3-5-24-6-4-15/h1-6,11,13,21H,7-10,12,14H2,(H,28,29)(H,30,31)/t21-/m0/s1. The van der Waals surface area contributed by atoms with Gasteiger partial charge in [-0.1, -0.05) is 0 Å². The van der Waals surface area contributed by atoms with E-state index in [-0.39, 0.29) is 6.54 Å². The van der Waals surface area contributed by atoms with Gasteiger partial charge in [0.25, 0.3) is 0 Å². The monoisotopic (exact) mass is 426 g/mol. The summed E-state index contributed by atoms with van der Waals surface area (Å²) in [5.74, 6) is -2.59. The van der Waals surface area contributed by atoms with Crippen LogP contribution in [0, 0.1) is 5.82 Å². The van der Waals surface area contributed by atoms with Crippen molar-refractivity contribution in [3.8, 4) is 0 Å². The molecule has 0 spiro atoms. The highest BCUT2D eigenvalue weighted by molar-refractivity contribution is 5.90. The molecule has 2 aromatic heterocycles. The third-order valence-electron chi connectivity index (χ3n) is 5.64. The van der Waals surface area contributed by atoms with E-state index in [1.165, 1.54) is 29.0 Å². The number of hydrogen-bond donors (Lipinski definition) is 2. The van der Waals surface area contributed by atoms with Crippen LogP contribution < -0.4 is 0 Å². The molecule has 2 N–H and O–H groups in total. The van der Waals surface area contributed by atoms with Gasteiger partial charge in [0.2, 0.25) is 0 Å². The first-order valence-electron chi connectivity index (χ1n) is 10.0. The van der Waals surface area contributed by atoms with Crippen LogP contribution in [0.1, 0.15) is 17.2 Å².